The van der Waals surface area contributed by atoms with Gasteiger partial charge in [-0.15, -0.1) is 6.42 Å². The summed E-state index contributed by atoms with van der Waals surface area (Å²) in [6.07, 6.45) is 5.32. The molecule has 0 aliphatic heterocycles. The van der Waals surface area contributed by atoms with E-state index in [1.807, 2.05) is 0 Å². The predicted octanol–water partition coefficient (Wildman–Crippen LogP) is 2.05. The number of carbonyl (C=O) groups excluding carboxylic acids is 2. The van der Waals surface area contributed by atoms with E-state index < -0.39 is 5.91 Å². The first-order valence-electron chi connectivity index (χ1n) is 7.44. The first-order chi connectivity index (χ1) is 12.1. The summed E-state index contributed by atoms with van der Waals surface area (Å²) in [5.74, 6) is 2.69. The van der Waals surface area contributed by atoms with Gasteiger partial charge in [0.05, 0.1) is 20.8 Å². The third-order valence-electron chi connectivity index (χ3n) is 3.37. The maximum Gasteiger partial charge on any atom is 0.251 e. The van der Waals surface area contributed by atoms with Crippen LogP contribution in [0.5, 0.6) is 11.5 Å². The molecule has 2 rings (SSSR count). The third kappa shape index (κ3) is 4.75. The molecule has 128 valence electrons. The lowest BCUT2D eigenvalue weighted by Gasteiger charge is -2.10. The van der Waals surface area contributed by atoms with Crippen LogP contribution in [-0.4, -0.2) is 32.6 Å². The highest BCUT2D eigenvalue weighted by atomic mass is 16.5. The van der Waals surface area contributed by atoms with E-state index >= 15 is 0 Å². The van der Waals surface area contributed by atoms with Gasteiger partial charge in [-0.05, 0) is 36.4 Å². The van der Waals surface area contributed by atoms with Crippen LogP contribution >= 0.6 is 0 Å². The largest absolute Gasteiger partial charge is 0.493 e. The van der Waals surface area contributed by atoms with Crippen molar-refractivity contribution in [1.29, 1.82) is 0 Å². The summed E-state index contributed by atoms with van der Waals surface area (Å²) in [5, 5.41) is 5.22. The van der Waals surface area contributed by atoms with Gasteiger partial charge in [-0.25, -0.2) is 0 Å². The van der Waals surface area contributed by atoms with Crippen LogP contribution < -0.4 is 20.1 Å². The third-order valence-corrected chi connectivity index (χ3v) is 3.37. The lowest BCUT2D eigenvalue weighted by atomic mass is 10.2. The topological polar surface area (TPSA) is 76.7 Å². The van der Waals surface area contributed by atoms with E-state index in [4.69, 9.17) is 15.9 Å². The Hall–Kier alpha value is -3.46. The van der Waals surface area contributed by atoms with Crippen LogP contribution in [0.2, 0.25) is 0 Å². The Morgan fingerprint density at radius 3 is 2.52 bits per heavy atom. The van der Waals surface area contributed by atoms with Gasteiger partial charge in [0, 0.05) is 16.8 Å². The minimum Gasteiger partial charge on any atom is -0.493 e. The molecule has 0 fully saturated rings. The fourth-order valence-corrected chi connectivity index (χ4v) is 2.13. The second-order valence-electron chi connectivity index (χ2n) is 5.03. The number of terminal acetylenes is 1. The minimum atomic E-state index is -0.395. The van der Waals surface area contributed by atoms with Crippen LogP contribution in [0.1, 0.15) is 15.9 Å². The molecule has 6 nitrogen and oxygen atoms in total. The van der Waals surface area contributed by atoms with Crippen molar-refractivity contribution in [1.82, 2.24) is 5.32 Å². The Bertz CT molecular complexity index is 824. The van der Waals surface area contributed by atoms with Crippen LogP contribution in [-0.2, 0) is 4.79 Å². The van der Waals surface area contributed by atoms with Gasteiger partial charge in [0.25, 0.3) is 5.91 Å². The zero-order valence-electron chi connectivity index (χ0n) is 14.0. The highest BCUT2D eigenvalue weighted by Gasteiger charge is 2.12. The monoisotopic (exact) mass is 338 g/mol. The van der Waals surface area contributed by atoms with Crippen molar-refractivity contribution in [2.24, 2.45) is 0 Å². The molecule has 0 aliphatic carbocycles. The molecule has 6 heteroatoms. The van der Waals surface area contributed by atoms with Crippen molar-refractivity contribution >= 4 is 17.5 Å². The Morgan fingerprint density at radius 2 is 1.84 bits per heavy atom. The van der Waals surface area contributed by atoms with Gasteiger partial charge in [0.1, 0.15) is 0 Å². The molecule has 0 heterocycles. The van der Waals surface area contributed by atoms with Crippen molar-refractivity contribution in [2.75, 3.05) is 26.1 Å². The van der Waals surface area contributed by atoms with Crippen molar-refractivity contribution in [3.63, 3.8) is 0 Å². The van der Waals surface area contributed by atoms with E-state index in [1.165, 1.54) is 14.2 Å². The second kappa shape index (κ2) is 8.41. The molecule has 0 radical (unpaired) electrons. The standard InChI is InChI=1S/C19H18N2O4/c1-4-13-6-5-7-15(10-13)21-18(22)12-20-19(23)14-8-9-16(24-2)17(11-14)25-3/h1,5-11H,12H2,2-3H3,(H,20,23)(H,21,22). The average molecular weight is 338 g/mol. The SMILES string of the molecule is C#Cc1cccc(NC(=O)CNC(=O)c2ccc(OC)c(OC)c2)c1. The van der Waals surface area contributed by atoms with E-state index in [0.29, 0.717) is 28.3 Å². The smallest absolute Gasteiger partial charge is 0.251 e. The number of benzene rings is 2. The quantitative estimate of drug-likeness (QED) is 0.791. The van der Waals surface area contributed by atoms with E-state index in [2.05, 4.69) is 16.6 Å². The number of ether oxygens (including phenoxy) is 2. The molecule has 2 amide bonds. The zero-order valence-corrected chi connectivity index (χ0v) is 14.0. The zero-order chi connectivity index (χ0) is 18.2. The van der Waals surface area contributed by atoms with Gasteiger partial charge in [-0.3, -0.25) is 9.59 Å². The molecule has 0 spiro atoms. The first kappa shape index (κ1) is 17.9. The average Bonchev–Trinajstić information content (AvgIpc) is 2.65. The van der Waals surface area contributed by atoms with Crippen molar-refractivity contribution in [2.45, 2.75) is 0 Å². The van der Waals surface area contributed by atoms with E-state index in [0.717, 1.165) is 0 Å². The highest BCUT2D eigenvalue weighted by Crippen LogP contribution is 2.27. The Labute approximate surface area is 146 Å². The van der Waals surface area contributed by atoms with Gasteiger partial charge in [-0.1, -0.05) is 12.0 Å². The van der Waals surface area contributed by atoms with Crippen LogP contribution in [0.15, 0.2) is 42.5 Å². The Morgan fingerprint density at radius 1 is 1.08 bits per heavy atom. The molecule has 2 N–H and O–H groups in total. The molecule has 0 aromatic heterocycles. The number of nitrogens with one attached hydrogen (secondary N) is 2. The number of rotatable bonds is 6. The fraction of sp³-hybridized carbons (Fsp3) is 0.158. The van der Waals surface area contributed by atoms with Crippen molar-refractivity contribution in [3.8, 4) is 23.8 Å². The molecule has 0 unspecified atom stereocenters. The van der Waals surface area contributed by atoms with Crippen LogP contribution in [0.4, 0.5) is 5.69 Å². The van der Waals surface area contributed by atoms with Crippen LogP contribution in [0.3, 0.4) is 0 Å². The number of hydrogen-bond acceptors (Lipinski definition) is 4. The van der Waals surface area contributed by atoms with Crippen molar-refractivity contribution < 1.29 is 19.1 Å². The number of amides is 2. The van der Waals surface area contributed by atoms with E-state index in [9.17, 15) is 9.59 Å². The van der Waals surface area contributed by atoms with Gasteiger partial charge in [0.2, 0.25) is 5.91 Å². The molecule has 2 aromatic rings. The molecule has 0 aliphatic rings. The second-order valence-corrected chi connectivity index (χ2v) is 5.03. The molecular formula is C19H18N2O4. The predicted molar refractivity (Wildman–Crippen MR) is 94.9 cm³/mol. The molecule has 0 atom stereocenters. The highest BCUT2D eigenvalue weighted by molar-refractivity contribution is 5.99. The van der Waals surface area contributed by atoms with Gasteiger partial charge >= 0.3 is 0 Å². The Kier molecular flexibility index (Phi) is 6.02. The maximum atomic E-state index is 12.2. The van der Waals surface area contributed by atoms with Crippen molar-refractivity contribution in [3.05, 3.63) is 53.6 Å². The first-order valence-corrected chi connectivity index (χ1v) is 7.44. The van der Waals surface area contributed by atoms with Crippen LogP contribution in [0.25, 0.3) is 0 Å². The Balaban J connectivity index is 1.95. The molecule has 0 saturated heterocycles. The lowest BCUT2D eigenvalue weighted by Crippen LogP contribution is -2.32. The van der Waals surface area contributed by atoms with Gasteiger partial charge < -0.3 is 20.1 Å². The summed E-state index contributed by atoms with van der Waals surface area (Å²) in [4.78, 5) is 24.1. The molecule has 0 bridgehead atoms. The van der Waals surface area contributed by atoms with Gasteiger partial charge in [0.15, 0.2) is 11.5 Å². The summed E-state index contributed by atoms with van der Waals surface area (Å²) >= 11 is 0. The summed E-state index contributed by atoms with van der Waals surface area (Å²) in [6.45, 7) is -0.173. The fourth-order valence-electron chi connectivity index (χ4n) is 2.13. The number of hydrogen-bond donors (Lipinski definition) is 2. The molecule has 2 aromatic carbocycles. The maximum absolute atomic E-state index is 12.2. The van der Waals surface area contributed by atoms with Crippen LogP contribution in [0, 0.1) is 12.3 Å². The normalized spacial score (nSPS) is 9.64. The number of carbonyl (C=O) groups is 2. The molecular weight excluding hydrogens is 320 g/mol. The van der Waals surface area contributed by atoms with Gasteiger partial charge in [-0.2, -0.15) is 0 Å². The summed E-state index contributed by atoms with van der Waals surface area (Å²) in [6, 6.07) is 11.6. The summed E-state index contributed by atoms with van der Waals surface area (Å²) in [5.41, 5.74) is 1.59. The minimum absolute atomic E-state index is 0.173. The van der Waals surface area contributed by atoms with E-state index in [-0.39, 0.29) is 12.5 Å². The molecule has 25 heavy (non-hydrogen) atoms. The lowest BCUT2D eigenvalue weighted by molar-refractivity contribution is -0.115. The molecule has 0 saturated carbocycles. The summed E-state index contributed by atoms with van der Waals surface area (Å²) < 4.78 is 10.3. The van der Waals surface area contributed by atoms with E-state index in [1.54, 1.807) is 42.5 Å². The number of anilines is 1. The number of methoxy groups -OCH3 is 2. The summed E-state index contributed by atoms with van der Waals surface area (Å²) in [7, 11) is 2.99.